The molecule has 1 aromatic carbocycles. The van der Waals surface area contributed by atoms with E-state index < -0.39 is 5.82 Å². The fraction of sp³-hybridized carbons (Fsp3) is 0.417. The maximum absolute atomic E-state index is 13.2. The molecule has 0 unspecified atom stereocenters. The molecular weight excluding hydrogens is 289 g/mol. The molecular formula is C12H15BrFNO2. The first-order valence-electron chi connectivity index (χ1n) is 5.32. The lowest BCUT2D eigenvalue weighted by Crippen LogP contribution is -2.41. The van der Waals surface area contributed by atoms with E-state index in [4.69, 9.17) is 5.11 Å². The molecule has 0 spiro atoms. The lowest BCUT2D eigenvalue weighted by Gasteiger charge is -2.19. The molecule has 0 aliphatic heterocycles. The molecule has 0 aromatic heterocycles. The van der Waals surface area contributed by atoms with Gasteiger partial charge in [-0.05, 0) is 40.0 Å². The summed E-state index contributed by atoms with van der Waals surface area (Å²) < 4.78 is 13.6. The third-order valence-electron chi connectivity index (χ3n) is 2.50. The van der Waals surface area contributed by atoms with E-state index in [1.54, 1.807) is 0 Å². The van der Waals surface area contributed by atoms with E-state index in [1.165, 1.54) is 12.1 Å². The Kier molecular flexibility index (Phi) is 5.08. The second kappa shape index (κ2) is 6.12. The summed E-state index contributed by atoms with van der Waals surface area (Å²) >= 11 is 3.02. The van der Waals surface area contributed by atoms with Crippen molar-refractivity contribution in [3.8, 4) is 0 Å². The fourth-order valence-corrected chi connectivity index (χ4v) is 1.56. The molecule has 1 amide bonds. The van der Waals surface area contributed by atoms with Crippen molar-refractivity contribution in [2.75, 3.05) is 6.61 Å². The van der Waals surface area contributed by atoms with E-state index in [-0.39, 0.29) is 30.0 Å². The Hall–Kier alpha value is -0.940. The number of nitrogens with one attached hydrogen (secondary N) is 1. The minimum absolute atomic E-state index is 0.115. The molecule has 2 N–H and O–H groups in total. The zero-order valence-electron chi connectivity index (χ0n) is 9.71. The van der Waals surface area contributed by atoms with Crippen LogP contribution >= 0.6 is 15.9 Å². The van der Waals surface area contributed by atoms with Crippen LogP contribution in [0.1, 0.15) is 24.2 Å². The van der Waals surface area contributed by atoms with Crippen LogP contribution in [0.15, 0.2) is 22.7 Å². The molecule has 0 fully saturated rings. The highest BCUT2D eigenvalue weighted by Crippen LogP contribution is 2.16. The van der Waals surface area contributed by atoms with Gasteiger partial charge in [-0.3, -0.25) is 4.79 Å². The van der Waals surface area contributed by atoms with Gasteiger partial charge >= 0.3 is 0 Å². The van der Waals surface area contributed by atoms with Gasteiger partial charge in [-0.1, -0.05) is 13.8 Å². The largest absolute Gasteiger partial charge is 0.394 e. The highest BCUT2D eigenvalue weighted by atomic mass is 79.9. The van der Waals surface area contributed by atoms with Crippen molar-refractivity contribution >= 4 is 21.8 Å². The van der Waals surface area contributed by atoms with Gasteiger partial charge in [0.1, 0.15) is 5.82 Å². The number of aliphatic hydroxyl groups is 1. The monoisotopic (exact) mass is 303 g/mol. The first-order valence-corrected chi connectivity index (χ1v) is 6.11. The maximum Gasteiger partial charge on any atom is 0.251 e. The summed E-state index contributed by atoms with van der Waals surface area (Å²) in [5.41, 5.74) is 0.241. The van der Waals surface area contributed by atoms with Crippen molar-refractivity contribution in [3.05, 3.63) is 34.1 Å². The van der Waals surface area contributed by atoms with E-state index in [1.807, 2.05) is 13.8 Å². The Balaban J connectivity index is 2.79. The molecule has 1 atom stereocenters. The van der Waals surface area contributed by atoms with Crippen molar-refractivity contribution in [1.29, 1.82) is 0 Å². The Morgan fingerprint density at radius 1 is 1.53 bits per heavy atom. The number of aliphatic hydroxyl groups excluding tert-OH is 1. The van der Waals surface area contributed by atoms with Crippen LogP contribution in [0.2, 0.25) is 0 Å². The van der Waals surface area contributed by atoms with Crippen molar-refractivity contribution in [2.45, 2.75) is 19.9 Å². The third-order valence-corrected chi connectivity index (χ3v) is 3.14. The number of carbonyl (C=O) groups is 1. The summed E-state index contributed by atoms with van der Waals surface area (Å²) in [6.07, 6.45) is 0. The number of hydrogen-bond donors (Lipinski definition) is 2. The molecule has 0 radical (unpaired) electrons. The van der Waals surface area contributed by atoms with E-state index in [2.05, 4.69) is 21.2 Å². The summed E-state index contributed by atoms with van der Waals surface area (Å²) in [6, 6.07) is 3.84. The first-order chi connectivity index (χ1) is 7.95. The van der Waals surface area contributed by atoms with Gasteiger partial charge in [0.25, 0.3) is 5.91 Å². The van der Waals surface area contributed by atoms with Crippen LogP contribution in [0.5, 0.6) is 0 Å². The number of amides is 1. The molecule has 0 saturated carbocycles. The van der Waals surface area contributed by atoms with Crippen molar-refractivity contribution < 1.29 is 14.3 Å². The molecule has 0 heterocycles. The van der Waals surface area contributed by atoms with Crippen LogP contribution < -0.4 is 5.32 Å². The van der Waals surface area contributed by atoms with E-state index in [0.29, 0.717) is 4.47 Å². The van der Waals surface area contributed by atoms with Crippen molar-refractivity contribution in [3.63, 3.8) is 0 Å². The summed E-state index contributed by atoms with van der Waals surface area (Å²) in [7, 11) is 0. The van der Waals surface area contributed by atoms with Crippen molar-refractivity contribution in [1.82, 2.24) is 5.32 Å². The molecule has 0 aliphatic rings. The third kappa shape index (κ3) is 3.78. The standard InChI is InChI=1S/C12H15BrFNO2/c1-7(2)11(6-16)15-12(17)8-3-4-9(13)10(14)5-8/h3-5,7,11,16H,6H2,1-2H3,(H,15,17)/t11-/m1/s1. The van der Waals surface area contributed by atoms with Crippen LogP contribution in [0.4, 0.5) is 4.39 Å². The molecule has 1 rings (SSSR count). The molecule has 94 valence electrons. The number of hydrogen-bond acceptors (Lipinski definition) is 2. The van der Waals surface area contributed by atoms with Gasteiger partial charge in [0.2, 0.25) is 0 Å². The average molecular weight is 304 g/mol. The lowest BCUT2D eigenvalue weighted by atomic mass is 10.0. The Morgan fingerprint density at radius 3 is 2.65 bits per heavy atom. The van der Waals surface area contributed by atoms with Crippen LogP contribution in [0.3, 0.4) is 0 Å². The topological polar surface area (TPSA) is 49.3 Å². The van der Waals surface area contributed by atoms with Gasteiger partial charge < -0.3 is 10.4 Å². The molecule has 5 heteroatoms. The zero-order chi connectivity index (χ0) is 13.0. The predicted molar refractivity (Wildman–Crippen MR) is 67.3 cm³/mol. The van der Waals surface area contributed by atoms with Gasteiger partial charge in [0.15, 0.2) is 0 Å². The summed E-state index contributed by atoms with van der Waals surface area (Å²) in [5.74, 6) is -0.754. The van der Waals surface area contributed by atoms with Crippen LogP contribution in [0.25, 0.3) is 0 Å². The molecule has 0 bridgehead atoms. The maximum atomic E-state index is 13.2. The predicted octanol–water partition coefficient (Wildman–Crippen LogP) is 2.33. The van der Waals surface area contributed by atoms with E-state index >= 15 is 0 Å². The lowest BCUT2D eigenvalue weighted by molar-refractivity contribution is 0.0896. The Bertz CT molecular complexity index is 409. The van der Waals surface area contributed by atoms with Gasteiger partial charge in [-0.2, -0.15) is 0 Å². The highest BCUT2D eigenvalue weighted by molar-refractivity contribution is 9.10. The van der Waals surface area contributed by atoms with E-state index in [0.717, 1.165) is 6.07 Å². The summed E-state index contributed by atoms with van der Waals surface area (Å²) in [4.78, 5) is 11.8. The van der Waals surface area contributed by atoms with Crippen LogP contribution in [-0.4, -0.2) is 23.7 Å². The SMILES string of the molecule is CC(C)[C@@H](CO)NC(=O)c1ccc(Br)c(F)c1. The number of rotatable bonds is 4. The van der Waals surface area contributed by atoms with Crippen molar-refractivity contribution in [2.24, 2.45) is 5.92 Å². The quantitative estimate of drug-likeness (QED) is 0.897. The smallest absolute Gasteiger partial charge is 0.251 e. The zero-order valence-corrected chi connectivity index (χ0v) is 11.3. The minimum Gasteiger partial charge on any atom is -0.394 e. The first kappa shape index (κ1) is 14.1. The number of carbonyl (C=O) groups excluding carboxylic acids is 1. The molecule has 3 nitrogen and oxygen atoms in total. The fourth-order valence-electron chi connectivity index (χ4n) is 1.31. The van der Waals surface area contributed by atoms with E-state index in [9.17, 15) is 9.18 Å². The molecule has 0 aliphatic carbocycles. The molecule has 0 saturated heterocycles. The summed E-state index contributed by atoms with van der Waals surface area (Å²) in [5, 5.41) is 11.8. The van der Waals surface area contributed by atoms with Crippen LogP contribution in [0, 0.1) is 11.7 Å². The number of benzene rings is 1. The Labute approximate surface area is 108 Å². The van der Waals surface area contributed by atoms with Gasteiger partial charge in [-0.25, -0.2) is 4.39 Å². The molecule has 1 aromatic rings. The second-order valence-corrected chi connectivity index (χ2v) is 4.99. The highest BCUT2D eigenvalue weighted by Gasteiger charge is 2.16. The van der Waals surface area contributed by atoms with Gasteiger partial charge in [-0.15, -0.1) is 0 Å². The number of halogens is 2. The van der Waals surface area contributed by atoms with Gasteiger partial charge in [0.05, 0.1) is 17.1 Å². The minimum atomic E-state index is -0.484. The average Bonchev–Trinajstić information content (AvgIpc) is 2.28. The Morgan fingerprint density at radius 2 is 2.18 bits per heavy atom. The summed E-state index contributed by atoms with van der Waals surface area (Å²) in [6.45, 7) is 3.65. The second-order valence-electron chi connectivity index (χ2n) is 4.14. The van der Waals surface area contributed by atoms with Crippen LogP contribution in [-0.2, 0) is 0 Å². The molecule has 17 heavy (non-hydrogen) atoms. The van der Waals surface area contributed by atoms with Gasteiger partial charge in [0, 0.05) is 5.56 Å². The normalized spacial score (nSPS) is 12.6.